The molecule has 84 valence electrons. The summed E-state index contributed by atoms with van der Waals surface area (Å²) in [7, 11) is 0. The number of aryl methyl sites for hydroxylation is 1. The summed E-state index contributed by atoms with van der Waals surface area (Å²) < 4.78 is 0. The normalized spacial score (nSPS) is 19.2. The quantitative estimate of drug-likeness (QED) is 0.852. The molecule has 0 bridgehead atoms. The predicted molar refractivity (Wildman–Crippen MR) is 65.2 cm³/mol. The van der Waals surface area contributed by atoms with E-state index in [1.165, 1.54) is 17.8 Å². The summed E-state index contributed by atoms with van der Waals surface area (Å²) in [5.74, 6) is 0. The smallest absolute Gasteiger partial charge is 0.110 e. The van der Waals surface area contributed by atoms with Crippen molar-refractivity contribution in [3.63, 3.8) is 0 Å². The average Bonchev–Trinajstić information content (AvgIpc) is 2.83. The van der Waals surface area contributed by atoms with Gasteiger partial charge in [0.05, 0.1) is 6.04 Å². The van der Waals surface area contributed by atoms with E-state index in [-0.39, 0.29) is 5.41 Å². The fourth-order valence-corrected chi connectivity index (χ4v) is 2.78. The Morgan fingerprint density at radius 1 is 1.47 bits per heavy atom. The first-order valence-electron chi connectivity index (χ1n) is 5.65. The predicted octanol–water partition coefficient (Wildman–Crippen LogP) is 3.29. The van der Waals surface area contributed by atoms with Crippen molar-refractivity contribution >= 4 is 11.3 Å². The Morgan fingerprint density at radius 3 is 2.53 bits per heavy atom. The van der Waals surface area contributed by atoms with Crippen molar-refractivity contribution in [3.05, 3.63) is 16.1 Å². The zero-order valence-corrected chi connectivity index (χ0v) is 10.8. The lowest BCUT2D eigenvalue weighted by atomic mass is 9.87. The van der Waals surface area contributed by atoms with Crippen molar-refractivity contribution in [3.8, 4) is 0 Å². The molecule has 0 aliphatic heterocycles. The van der Waals surface area contributed by atoms with E-state index in [2.05, 4.69) is 43.4 Å². The van der Waals surface area contributed by atoms with Crippen LogP contribution < -0.4 is 5.32 Å². The summed E-state index contributed by atoms with van der Waals surface area (Å²) in [5.41, 5.74) is 1.38. The second-order valence-electron chi connectivity index (χ2n) is 5.57. The molecule has 1 atom stereocenters. The van der Waals surface area contributed by atoms with Crippen molar-refractivity contribution in [1.82, 2.24) is 10.3 Å². The fraction of sp³-hybridized carbons (Fsp3) is 0.750. The van der Waals surface area contributed by atoms with Gasteiger partial charge in [0.25, 0.3) is 0 Å². The van der Waals surface area contributed by atoms with Gasteiger partial charge in [0, 0.05) is 17.1 Å². The van der Waals surface area contributed by atoms with Crippen LogP contribution in [0.1, 0.15) is 50.4 Å². The molecule has 0 amide bonds. The monoisotopic (exact) mass is 224 g/mol. The molecule has 0 radical (unpaired) electrons. The minimum Gasteiger partial charge on any atom is -0.305 e. The van der Waals surface area contributed by atoms with Gasteiger partial charge < -0.3 is 5.32 Å². The minimum absolute atomic E-state index is 0.243. The molecule has 1 unspecified atom stereocenters. The summed E-state index contributed by atoms with van der Waals surface area (Å²) in [5, 5.41) is 7.09. The number of nitrogens with zero attached hydrogens (tertiary/aromatic N) is 1. The maximum atomic E-state index is 4.61. The molecular formula is C12H20N2S. The molecular weight excluding hydrogens is 204 g/mol. The summed E-state index contributed by atoms with van der Waals surface area (Å²) in [6, 6.07) is 1.14. The van der Waals surface area contributed by atoms with Crippen LogP contribution in [0, 0.1) is 12.3 Å². The van der Waals surface area contributed by atoms with Crippen LogP contribution in [-0.4, -0.2) is 11.0 Å². The number of hydrogen-bond donors (Lipinski definition) is 1. The van der Waals surface area contributed by atoms with Crippen molar-refractivity contribution < 1.29 is 0 Å². The summed E-state index contributed by atoms with van der Waals surface area (Å²) >= 11 is 1.78. The molecule has 15 heavy (non-hydrogen) atoms. The topological polar surface area (TPSA) is 24.9 Å². The van der Waals surface area contributed by atoms with Crippen LogP contribution in [-0.2, 0) is 0 Å². The van der Waals surface area contributed by atoms with E-state index in [4.69, 9.17) is 0 Å². The molecule has 1 heterocycles. The van der Waals surface area contributed by atoms with Crippen molar-refractivity contribution in [2.24, 2.45) is 5.41 Å². The Kier molecular flexibility index (Phi) is 2.86. The van der Waals surface area contributed by atoms with Gasteiger partial charge >= 0.3 is 0 Å². The maximum absolute atomic E-state index is 4.61. The Hall–Kier alpha value is -0.410. The van der Waals surface area contributed by atoms with Crippen LogP contribution in [0.4, 0.5) is 0 Å². The second kappa shape index (κ2) is 3.87. The highest BCUT2D eigenvalue weighted by Crippen LogP contribution is 2.37. The van der Waals surface area contributed by atoms with Gasteiger partial charge in [0.15, 0.2) is 0 Å². The van der Waals surface area contributed by atoms with Gasteiger partial charge in [0.1, 0.15) is 5.01 Å². The van der Waals surface area contributed by atoms with Gasteiger partial charge in [0.2, 0.25) is 0 Å². The van der Waals surface area contributed by atoms with Gasteiger partial charge in [-0.15, -0.1) is 11.3 Å². The Bertz CT molecular complexity index is 334. The third kappa shape index (κ3) is 2.79. The Morgan fingerprint density at radius 2 is 2.13 bits per heavy atom. The molecule has 3 heteroatoms. The first-order chi connectivity index (χ1) is 6.97. The zero-order valence-electron chi connectivity index (χ0n) is 10.0. The highest BCUT2D eigenvalue weighted by molar-refractivity contribution is 7.09. The van der Waals surface area contributed by atoms with E-state index >= 15 is 0 Å². The fourth-order valence-electron chi connectivity index (χ4n) is 1.68. The van der Waals surface area contributed by atoms with Crippen molar-refractivity contribution in [1.29, 1.82) is 0 Å². The second-order valence-corrected chi connectivity index (χ2v) is 6.46. The zero-order chi connectivity index (χ0) is 11.1. The van der Waals surface area contributed by atoms with Gasteiger partial charge in [-0.05, 0) is 25.2 Å². The minimum atomic E-state index is 0.243. The third-order valence-corrected chi connectivity index (χ3v) is 3.76. The molecule has 0 spiro atoms. The SMILES string of the molecule is Cc1csc(C(NC2CC2)C(C)(C)C)n1. The molecule has 1 N–H and O–H groups in total. The molecule has 1 aliphatic rings. The number of nitrogens with one attached hydrogen (secondary N) is 1. The van der Waals surface area contributed by atoms with Gasteiger partial charge in [-0.1, -0.05) is 20.8 Å². The first-order valence-corrected chi connectivity index (χ1v) is 6.53. The van der Waals surface area contributed by atoms with E-state index < -0.39 is 0 Å². The molecule has 0 saturated heterocycles. The summed E-state index contributed by atoms with van der Waals surface area (Å²) in [4.78, 5) is 4.61. The number of hydrogen-bond acceptors (Lipinski definition) is 3. The highest BCUT2D eigenvalue weighted by atomic mass is 32.1. The molecule has 2 nitrogen and oxygen atoms in total. The summed E-state index contributed by atoms with van der Waals surface area (Å²) in [6.45, 7) is 8.91. The van der Waals surface area contributed by atoms with Crippen LogP contribution in [0.3, 0.4) is 0 Å². The molecule has 1 fully saturated rings. The van der Waals surface area contributed by atoms with Crippen LogP contribution in [0.25, 0.3) is 0 Å². The molecule has 1 saturated carbocycles. The number of aromatic nitrogens is 1. The van der Waals surface area contributed by atoms with E-state index in [9.17, 15) is 0 Å². The number of rotatable bonds is 3. The lowest BCUT2D eigenvalue weighted by Crippen LogP contribution is -2.33. The van der Waals surface area contributed by atoms with Gasteiger partial charge in [-0.2, -0.15) is 0 Å². The van der Waals surface area contributed by atoms with Crippen LogP contribution in [0.2, 0.25) is 0 Å². The molecule has 0 aromatic carbocycles. The third-order valence-electron chi connectivity index (χ3n) is 2.73. The Balaban J connectivity index is 2.17. The van der Waals surface area contributed by atoms with E-state index in [1.807, 2.05) is 0 Å². The van der Waals surface area contributed by atoms with E-state index in [0.29, 0.717) is 6.04 Å². The summed E-state index contributed by atoms with van der Waals surface area (Å²) in [6.07, 6.45) is 2.66. The molecule has 1 aliphatic carbocycles. The Labute approximate surface area is 96.1 Å². The van der Waals surface area contributed by atoms with E-state index in [0.717, 1.165) is 11.7 Å². The lowest BCUT2D eigenvalue weighted by molar-refractivity contribution is 0.269. The highest BCUT2D eigenvalue weighted by Gasteiger charge is 2.33. The van der Waals surface area contributed by atoms with Crippen molar-refractivity contribution in [2.75, 3.05) is 0 Å². The standard InChI is InChI=1S/C12H20N2S/c1-8-7-15-11(13-8)10(12(2,3)4)14-9-5-6-9/h7,9-10,14H,5-6H2,1-4H3. The first kappa shape index (κ1) is 11.1. The van der Waals surface area contributed by atoms with Gasteiger partial charge in [-0.25, -0.2) is 4.98 Å². The van der Waals surface area contributed by atoms with Crippen LogP contribution >= 0.6 is 11.3 Å². The van der Waals surface area contributed by atoms with Gasteiger partial charge in [-0.3, -0.25) is 0 Å². The van der Waals surface area contributed by atoms with Crippen molar-refractivity contribution in [2.45, 2.75) is 52.6 Å². The van der Waals surface area contributed by atoms with Crippen LogP contribution in [0.5, 0.6) is 0 Å². The van der Waals surface area contributed by atoms with Crippen LogP contribution in [0.15, 0.2) is 5.38 Å². The lowest BCUT2D eigenvalue weighted by Gasteiger charge is -2.30. The molecule has 1 aromatic heterocycles. The average molecular weight is 224 g/mol. The van der Waals surface area contributed by atoms with E-state index in [1.54, 1.807) is 11.3 Å². The molecule has 2 rings (SSSR count). The maximum Gasteiger partial charge on any atom is 0.110 e. The largest absolute Gasteiger partial charge is 0.305 e. The number of thiazole rings is 1. The molecule has 1 aromatic rings.